The Bertz CT molecular complexity index is 310. The zero-order chi connectivity index (χ0) is 12.8. The smallest absolute Gasteiger partial charge is 0.0708 e. The van der Waals surface area contributed by atoms with Crippen LogP contribution in [-0.2, 0) is 4.74 Å². The number of rotatable bonds is 3. The van der Waals surface area contributed by atoms with Crippen molar-refractivity contribution >= 4 is 0 Å². The Labute approximate surface area is 110 Å². The molecule has 18 heavy (non-hydrogen) atoms. The summed E-state index contributed by atoms with van der Waals surface area (Å²) in [5.41, 5.74) is 0.282. The fourth-order valence-corrected chi connectivity index (χ4v) is 3.95. The van der Waals surface area contributed by atoms with E-state index in [0.717, 1.165) is 13.0 Å². The Balaban J connectivity index is 1.45. The molecule has 1 spiro atoms. The van der Waals surface area contributed by atoms with Crippen LogP contribution in [0.2, 0.25) is 0 Å². The molecule has 3 fully saturated rings. The molecule has 0 amide bonds. The predicted octanol–water partition coefficient (Wildman–Crippen LogP) is 2.23. The van der Waals surface area contributed by atoms with Crippen molar-refractivity contribution in [1.29, 1.82) is 0 Å². The highest BCUT2D eigenvalue weighted by Gasteiger charge is 2.48. The third-order valence-corrected chi connectivity index (χ3v) is 5.66. The standard InChI is InChI=1S/C15H27NO2/c1-14(2)12(9-13(14)17)16-10-11-5-8-15(18-11)6-3-4-7-15/h11-13,16-17H,3-10H2,1-2H3. The maximum Gasteiger partial charge on any atom is 0.0708 e. The molecular formula is C15H27NO2. The van der Waals surface area contributed by atoms with Crippen LogP contribution in [-0.4, -0.2) is 35.5 Å². The molecule has 3 aliphatic rings. The van der Waals surface area contributed by atoms with Crippen LogP contribution < -0.4 is 5.32 Å². The lowest BCUT2D eigenvalue weighted by molar-refractivity contribution is -0.0815. The Morgan fingerprint density at radius 2 is 1.94 bits per heavy atom. The molecule has 1 heterocycles. The predicted molar refractivity (Wildman–Crippen MR) is 71.5 cm³/mol. The van der Waals surface area contributed by atoms with Gasteiger partial charge in [0.05, 0.1) is 17.8 Å². The van der Waals surface area contributed by atoms with Crippen LogP contribution in [0.3, 0.4) is 0 Å². The summed E-state index contributed by atoms with van der Waals surface area (Å²) in [6.45, 7) is 5.25. The maximum absolute atomic E-state index is 9.73. The van der Waals surface area contributed by atoms with Crippen LogP contribution >= 0.6 is 0 Å². The summed E-state index contributed by atoms with van der Waals surface area (Å²) >= 11 is 0. The van der Waals surface area contributed by atoms with E-state index in [9.17, 15) is 5.11 Å². The molecule has 3 atom stereocenters. The Morgan fingerprint density at radius 3 is 2.56 bits per heavy atom. The third-order valence-electron chi connectivity index (χ3n) is 5.66. The summed E-state index contributed by atoms with van der Waals surface area (Å²) in [5, 5.41) is 13.3. The molecule has 1 aliphatic heterocycles. The van der Waals surface area contributed by atoms with Crippen LogP contribution in [0.15, 0.2) is 0 Å². The molecule has 0 aromatic rings. The summed E-state index contributed by atoms with van der Waals surface area (Å²) in [6.07, 6.45) is 8.87. The lowest BCUT2D eigenvalue weighted by Crippen LogP contribution is -2.60. The summed E-state index contributed by atoms with van der Waals surface area (Å²) in [6, 6.07) is 0.455. The molecule has 3 heteroatoms. The number of aliphatic hydroxyl groups is 1. The van der Waals surface area contributed by atoms with Gasteiger partial charge in [0.2, 0.25) is 0 Å². The summed E-state index contributed by atoms with van der Waals surface area (Å²) < 4.78 is 6.30. The second-order valence-electron chi connectivity index (χ2n) is 7.20. The van der Waals surface area contributed by atoms with E-state index in [0.29, 0.717) is 12.1 Å². The second kappa shape index (κ2) is 4.46. The largest absolute Gasteiger partial charge is 0.392 e. The monoisotopic (exact) mass is 253 g/mol. The van der Waals surface area contributed by atoms with Gasteiger partial charge in [0.15, 0.2) is 0 Å². The molecule has 3 nitrogen and oxygen atoms in total. The number of nitrogens with one attached hydrogen (secondary N) is 1. The van der Waals surface area contributed by atoms with Crippen molar-refractivity contribution < 1.29 is 9.84 Å². The van der Waals surface area contributed by atoms with E-state index < -0.39 is 0 Å². The lowest BCUT2D eigenvalue weighted by Gasteiger charge is -2.50. The Kier molecular flexibility index (Phi) is 3.20. The number of aliphatic hydroxyl groups excluding tert-OH is 1. The van der Waals surface area contributed by atoms with Gasteiger partial charge < -0.3 is 15.2 Å². The molecule has 2 aliphatic carbocycles. The van der Waals surface area contributed by atoms with Gasteiger partial charge in [0.25, 0.3) is 0 Å². The normalized spacial score (nSPS) is 41.2. The lowest BCUT2D eigenvalue weighted by atomic mass is 9.64. The molecule has 0 aromatic carbocycles. The van der Waals surface area contributed by atoms with Crippen LogP contribution in [0.1, 0.15) is 58.8 Å². The molecular weight excluding hydrogens is 226 g/mol. The molecule has 104 valence electrons. The number of hydrogen-bond donors (Lipinski definition) is 2. The third kappa shape index (κ3) is 2.10. The van der Waals surface area contributed by atoms with Gasteiger partial charge in [0.1, 0.15) is 0 Å². The van der Waals surface area contributed by atoms with Crippen molar-refractivity contribution in [3.05, 3.63) is 0 Å². The minimum Gasteiger partial charge on any atom is -0.392 e. The van der Waals surface area contributed by atoms with Crippen molar-refractivity contribution in [2.75, 3.05) is 6.54 Å². The molecule has 1 saturated heterocycles. The average Bonchev–Trinajstić information content (AvgIpc) is 2.96. The van der Waals surface area contributed by atoms with Crippen molar-refractivity contribution in [3.63, 3.8) is 0 Å². The van der Waals surface area contributed by atoms with Crippen molar-refractivity contribution in [1.82, 2.24) is 5.32 Å². The van der Waals surface area contributed by atoms with Crippen LogP contribution in [0.25, 0.3) is 0 Å². The minimum atomic E-state index is -0.138. The second-order valence-corrected chi connectivity index (χ2v) is 7.20. The maximum atomic E-state index is 9.73. The van der Waals surface area contributed by atoms with Crippen molar-refractivity contribution in [2.45, 2.75) is 82.6 Å². The molecule has 3 unspecified atom stereocenters. The van der Waals surface area contributed by atoms with Gasteiger partial charge in [-0.15, -0.1) is 0 Å². The summed E-state index contributed by atoms with van der Waals surface area (Å²) in [7, 11) is 0. The van der Waals surface area contributed by atoms with Gasteiger partial charge in [-0.2, -0.15) is 0 Å². The number of hydrogen-bond acceptors (Lipinski definition) is 3. The SMILES string of the molecule is CC1(C)C(O)CC1NCC1CCC2(CCCC2)O1. The molecule has 2 N–H and O–H groups in total. The van der Waals surface area contributed by atoms with Gasteiger partial charge in [-0.05, 0) is 32.1 Å². The first kappa shape index (κ1) is 12.9. The van der Waals surface area contributed by atoms with E-state index in [4.69, 9.17) is 4.74 Å². The fourth-order valence-electron chi connectivity index (χ4n) is 3.95. The zero-order valence-corrected chi connectivity index (χ0v) is 11.7. The van der Waals surface area contributed by atoms with Gasteiger partial charge in [-0.3, -0.25) is 0 Å². The molecule has 3 rings (SSSR count). The Morgan fingerprint density at radius 1 is 1.22 bits per heavy atom. The first-order valence-corrected chi connectivity index (χ1v) is 7.61. The highest BCUT2D eigenvalue weighted by Crippen LogP contribution is 2.44. The molecule has 0 radical (unpaired) electrons. The quantitative estimate of drug-likeness (QED) is 0.810. The van der Waals surface area contributed by atoms with Crippen LogP contribution in [0, 0.1) is 5.41 Å². The Hall–Kier alpha value is -0.120. The van der Waals surface area contributed by atoms with E-state index in [1.54, 1.807) is 0 Å². The number of ether oxygens (including phenoxy) is 1. The van der Waals surface area contributed by atoms with Crippen molar-refractivity contribution in [3.8, 4) is 0 Å². The highest BCUT2D eigenvalue weighted by molar-refractivity contribution is 5.02. The van der Waals surface area contributed by atoms with E-state index >= 15 is 0 Å². The average molecular weight is 253 g/mol. The van der Waals surface area contributed by atoms with E-state index in [1.807, 2.05) is 0 Å². The zero-order valence-electron chi connectivity index (χ0n) is 11.7. The molecule has 2 saturated carbocycles. The van der Waals surface area contributed by atoms with Gasteiger partial charge >= 0.3 is 0 Å². The van der Waals surface area contributed by atoms with Crippen molar-refractivity contribution in [2.24, 2.45) is 5.41 Å². The minimum absolute atomic E-state index is 0.0314. The van der Waals surface area contributed by atoms with Gasteiger partial charge in [-0.25, -0.2) is 0 Å². The molecule has 0 aromatic heterocycles. The summed E-state index contributed by atoms with van der Waals surface area (Å²) in [5.74, 6) is 0. The van der Waals surface area contributed by atoms with Crippen LogP contribution in [0.5, 0.6) is 0 Å². The first-order chi connectivity index (χ1) is 8.52. The van der Waals surface area contributed by atoms with Gasteiger partial charge in [0, 0.05) is 18.0 Å². The first-order valence-electron chi connectivity index (χ1n) is 7.61. The van der Waals surface area contributed by atoms with E-state index in [1.165, 1.54) is 38.5 Å². The van der Waals surface area contributed by atoms with Crippen LogP contribution in [0.4, 0.5) is 0 Å². The van der Waals surface area contributed by atoms with Gasteiger partial charge in [-0.1, -0.05) is 26.7 Å². The highest BCUT2D eigenvalue weighted by atomic mass is 16.5. The molecule has 0 bridgehead atoms. The van der Waals surface area contributed by atoms with E-state index in [-0.39, 0.29) is 17.1 Å². The van der Waals surface area contributed by atoms with E-state index in [2.05, 4.69) is 19.2 Å². The fraction of sp³-hybridized carbons (Fsp3) is 1.00. The summed E-state index contributed by atoms with van der Waals surface area (Å²) in [4.78, 5) is 0. The topological polar surface area (TPSA) is 41.5 Å².